The number of unbranched alkanes of at least 4 members (excludes halogenated alkanes) is 3. The number of halogens is 2. The molecule has 0 bridgehead atoms. The predicted molar refractivity (Wildman–Crippen MR) is 120 cm³/mol. The van der Waals surface area contributed by atoms with E-state index in [1.807, 2.05) is 0 Å². The van der Waals surface area contributed by atoms with Gasteiger partial charge in [-0.15, -0.1) is 0 Å². The molecular weight excluding hydrogens is 427 g/mol. The molecule has 0 amide bonds. The van der Waals surface area contributed by atoms with Gasteiger partial charge in [-0.05, 0) is 61.6 Å². The van der Waals surface area contributed by atoms with Crippen molar-refractivity contribution in [2.75, 3.05) is 0 Å². The minimum Gasteiger partial charge on any atom is -0.481 e. The van der Waals surface area contributed by atoms with Crippen molar-refractivity contribution < 1.29 is 25.2 Å². The summed E-state index contributed by atoms with van der Waals surface area (Å²) in [5, 5.41) is 40.8. The van der Waals surface area contributed by atoms with Gasteiger partial charge in [0.1, 0.15) is 0 Å². The molecule has 1 aromatic carbocycles. The van der Waals surface area contributed by atoms with Gasteiger partial charge < -0.3 is 20.4 Å². The molecule has 7 heteroatoms. The summed E-state index contributed by atoms with van der Waals surface area (Å²) in [6.07, 6.45) is 7.55. The van der Waals surface area contributed by atoms with E-state index >= 15 is 0 Å². The maximum atomic E-state index is 10.5. The molecule has 5 nitrogen and oxygen atoms in total. The third-order valence-corrected chi connectivity index (χ3v) is 6.52. The normalized spacial score (nSPS) is 25.1. The average molecular weight is 459 g/mol. The number of hydrogen-bond acceptors (Lipinski definition) is 4. The Labute approximate surface area is 188 Å². The van der Waals surface area contributed by atoms with E-state index in [2.05, 4.69) is 0 Å². The summed E-state index contributed by atoms with van der Waals surface area (Å²) in [7, 11) is 0. The Morgan fingerprint density at radius 2 is 1.73 bits per heavy atom. The van der Waals surface area contributed by atoms with Crippen molar-refractivity contribution in [1.82, 2.24) is 0 Å². The summed E-state index contributed by atoms with van der Waals surface area (Å²) in [6, 6.07) is 5.18. The van der Waals surface area contributed by atoms with Crippen LogP contribution in [0.2, 0.25) is 10.0 Å². The van der Waals surface area contributed by atoms with Gasteiger partial charge in [-0.2, -0.15) is 0 Å². The van der Waals surface area contributed by atoms with Crippen molar-refractivity contribution in [2.45, 2.75) is 76.1 Å². The molecule has 0 saturated heterocycles. The number of carboxylic acid groups (broad SMARTS) is 1. The Hall–Kier alpha value is -1.11. The average Bonchev–Trinajstić information content (AvgIpc) is 2.94. The van der Waals surface area contributed by atoms with Gasteiger partial charge in [0, 0.05) is 16.5 Å². The highest BCUT2D eigenvalue weighted by Gasteiger charge is 2.40. The highest BCUT2D eigenvalue weighted by Crippen LogP contribution is 2.39. The van der Waals surface area contributed by atoms with Gasteiger partial charge in [0.2, 0.25) is 0 Å². The monoisotopic (exact) mass is 458 g/mol. The fraction of sp³-hybridized carbons (Fsp3) is 0.609. The molecular formula is C23H32Cl2O5. The van der Waals surface area contributed by atoms with E-state index in [-0.39, 0.29) is 18.3 Å². The maximum absolute atomic E-state index is 10.5. The van der Waals surface area contributed by atoms with Gasteiger partial charge in [-0.25, -0.2) is 0 Å². The van der Waals surface area contributed by atoms with Gasteiger partial charge in [0.25, 0.3) is 0 Å². The molecule has 0 radical (unpaired) electrons. The second-order valence-corrected chi connectivity index (χ2v) is 9.06. The minimum absolute atomic E-state index is 0.0152. The molecule has 5 atom stereocenters. The van der Waals surface area contributed by atoms with E-state index < -0.39 is 24.3 Å². The number of hydrogen-bond donors (Lipinski definition) is 4. The van der Waals surface area contributed by atoms with Crippen LogP contribution in [0.25, 0.3) is 6.08 Å². The van der Waals surface area contributed by atoms with E-state index in [9.17, 15) is 20.1 Å². The molecule has 1 fully saturated rings. The predicted octanol–water partition coefficient (Wildman–Crippen LogP) is 4.93. The zero-order valence-corrected chi connectivity index (χ0v) is 18.6. The minimum atomic E-state index is -0.768. The van der Waals surface area contributed by atoms with Crippen LogP contribution in [-0.4, -0.2) is 44.7 Å². The molecule has 4 N–H and O–H groups in total. The molecule has 168 valence electrons. The zero-order valence-electron chi connectivity index (χ0n) is 17.1. The summed E-state index contributed by atoms with van der Waals surface area (Å²) in [5.41, 5.74) is 0.775. The highest BCUT2D eigenvalue weighted by molar-refractivity contribution is 6.35. The molecule has 0 spiro atoms. The Bertz CT molecular complexity index is 709. The largest absolute Gasteiger partial charge is 0.481 e. The standard InChI is InChI=1S/C23H32Cl2O5/c24-16-9-7-15(20(25)13-16)8-10-17(26)11-12-19-18(21(27)14-22(19)28)5-3-1-2-4-6-23(29)30/h7-10,13,17-19,21-22,26-28H,1-6,11-12,14H2,(H,29,30)/b10-8+/t17?,18-,19?,21+,22-/m1/s1. The van der Waals surface area contributed by atoms with E-state index in [1.165, 1.54) is 0 Å². The van der Waals surface area contributed by atoms with Crippen LogP contribution in [0, 0.1) is 11.8 Å². The lowest BCUT2D eigenvalue weighted by molar-refractivity contribution is -0.137. The third kappa shape index (κ3) is 8.20. The number of carbonyl (C=O) groups is 1. The number of aliphatic hydroxyl groups excluding tert-OH is 3. The van der Waals surface area contributed by atoms with E-state index in [1.54, 1.807) is 30.4 Å². The van der Waals surface area contributed by atoms with Crippen LogP contribution in [0.4, 0.5) is 0 Å². The van der Waals surface area contributed by atoms with Gasteiger partial charge in [-0.3, -0.25) is 4.79 Å². The first-order valence-electron chi connectivity index (χ1n) is 10.7. The van der Waals surface area contributed by atoms with Crippen LogP contribution in [-0.2, 0) is 4.79 Å². The molecule has 2 rings (SSSR count). The molecule has 1 saturated carbocycles. The molecule has 0 heterocycles. The lowest BCUT2D eigenvalue weighted by Crippen LogP contribution is -2.23. The molecule has 1 aliphatic rings. The number of carboxylic acids is 1. The number of aliphatic carboxylic acids is 1. The van der Waals surface area contributed by atoms with E-state index in [4.69, 9.17) is 28.3 Å². The van der Waals surface area contributed by atoms with Gasteiger partial charge in [0.15, 0.2) is 0 Å². The van der Waals surface area contributed by atoms with Gasteiger partial charge >= 0.3 is 5.97 Å². The maximum Gasteiger partial charge on any atom is 0.303 e. The van der Waals surface area contributed by atoms with E-state index in [0.29, 0.717) is 35.7 Å². The van der Waals surface area contributed by atoms with Crippen molar-refractivity contribution in [3.63, 3.8) is 0 Å². The molecule has 30 heavy (non-hydrogen) atoms. The van der Waals surface area contributed by atoms with Gasteiger partial charge in [0.05, 0.1) is 18.3 Å². The molecule has 0 aromatic heterocycles. The van der Waals surface area contributed by atoms with Crippen LogP contribution in [0.5, 0.6) is 0 Å². The molecule has 1 aromatic rings. The lowest BCUT2D eigenvalue weighted by atomic mass is 9.85. The highest BCUT2D eigenvalue weighted by atomic mass is 35.5. The molecule has 2 unspecified atom stereocenters. The first kappa shape index (κ1) is 25.2. The second kappa shape index (κ2) is 12.7. The van der Waals surface area contributed by atoms with Crippen molar-refractivity contribution in [3.05, 3.63) is 39.9 Å². The summed E-state index contributed by atoms with van der Waals surface area (Å²) < 4.78 is 0. The Morgan fingerprint density at radius 1 is 1.07 bits per heavy atom. The third-order valence-electron chi connectivity index (χ3n) is 5.96. The quantitative estimate of drug-likeness (QED) is 0.332. The Morgan fingerprint density at radius 3 is 2.40 bits per heavy atom. The van der Waals surface area contributed by atoms with Crippen LogP contribution in [0.15, 0.2) is 24.3 Å². The fourth-order valence-corrected chi connectivity index (χ4v) is 4.77. The zero-order chi connectivity index (χ0) is 22.1. The van der Waals surface area contributed by atoms with Gasteiger partial charge in [-0.1, -0.05) is 60.7 Å². The lowest BCUT2D eigenvalue weighted by Gasteiger charge is -2.24. The Kier molecular flexibility index (Phi) is 10.6. The summed E-state index contributed by atoms with van der Waals surface area (Å²) >= 11 is 12.0. The number of aliphatic hydroxyl groups is 3. The van der Waals surface area contributed by atoms with E-state index in [0.717, 1.165) is 31.2 Å². The Balaban J connectivity index is 1.79. The van der Waals surface area contributed by atoms with Crippen LogP contribution < -0.4 is 0 Å². The SMILES string of the molecule is O=C(O)CCCCCC[C@@H]1C(CCC(O)/C=C/c2ccc(Cl)cc2Cl)[C@H](O)C[C@@H]1O. The first-order valence-corrected chi connectivity index (χ1v) is 11.4. The van der Waals surface area contributed by atoms with Crippen LogP contribution >= 0.6 is 23.2 Å². The van der Waals surface area contributed by atoms with Crippen molar-refractivity contribution in [3.8, 4) is 0 Å². The van der Waals surface area contributed by atoms with Crippen molar-refractivity contribution in [1.29, 1.82) is 0 Å². The van der Waals surface area contributed by atoms with Crippen LogP contribution in [0.3, 0.4) is 0 Å². The molecule has 1 aliphatic carbocycles. The number of rotatable bonds is 12. The fourth-order valence-electron chi connectivity index (χ4n) is 4.30. The summed E-state index contributed by atoms with van der Waals surface area (Å²) in [5.74, 6) is -0.794. The van der Waals surface area contributed by atoms with Crippen molar-refractivity contribution >= 4 is 35.2 Å². The first-order chi connectivity index (χ1) is 14.3. The summed E-state index contributed by atoms with van der Waals surface area (Å²) in [6.45, 7) is 0. The van der Waals surface area contributed by atoms with Crippen LogP contribution in [0.1, 0.15) is 63.4 Å². The smallest absolute Gasteiger partial charge is 0.303 e. The summed E-state index contributed by atoms with van der Waals surface area (Å²) in [4.78, 5) is 10.5. The molecule has 0 aliphatic heterocycles. The second-order valence-electron chi connectivity index (χ2n) is 8.21. The number of benzene rings is 1. The topological polar surface area (TPSA) is 98.0 Å². The van der Waals surface area contributed by atoms with Crippen molar-refractivity contribution in [2.24, 2.45) is 11.8 Å².